The molecule has 0 fully saturated rings. The maximum absolute atomic E-state index is 11.6. The summed E-state index contributed by atoms with van der Waals surface area (Å²) in [4.78, 5) is 12.8. The van der Waals surface area contributed by atoms with Gasteiger partial charge in [-0.3, -0.25) is 4.79 Å². The fourth-order valence-corrected chi connectivity index (χ4v) is 2.63. The quantitative estimate of drug-likeness (QED) is 0.848. The predicted octanol–water partition coefficient (Wildman–Crippen LogP) is 2.51. The van der Waals surface area contributed by atoms with Gasteiger partial charge in [-0.1, -0.05) is 6.92 Å². The van der Waals surface area contributed by atoms with Crippen molar-refractivity contribution in [3.05, 3.63) is 20.8 Å². The Bertz CT molecular complexity index is 340. The van der Waals surface area contributed by atoms with E-state index in [1.54, 1.807) is 11.3 Å². The van der Waals surface area contributed by atoms with E-state index in [-0.39, 0.29) is 11.9 Å². The van der Waals surface area contributed by atoms with Gasteiger partial charge in [-0.05, 0) is 40.7 Å². The van der Waals surface area contributed by atoms with Crippen molar-refractivity contribution in [1.82, 2.24) is 10.6 Å². The summed E-state index contributed by atoms with van der Waals surface area (Å²) in [6.07, 6.45) is 0.967. The Morgan fingerprint density at radius 2 is 2.38 bits per heavy atom. The van der Waals surface area contributed by atoms with Gasteiger partial charge in [0, 0.05) is 22.4 Å². The number of thiophene rings is 1. The van der Waals surface area contributed by atoms with E-state index in [0.717, 1.165) is 24.0 Å². The van der Waals surface area contributed by atoms with E-state index in [9.17, 15) is 4.79 Å². The van der Waals surface area contributed by atoms with E-state index in [1.807, 2.05) is 25.3 Å². The molecule has 3 nitrogen and oxygen atoms in total. The molecule has 1 amide bonds. The van der Waals surface area contributed by atoms with Crippen molar-refractivity contribution in [3.63, 3.8) is 0 Å². The van der Waals surface area contributed by atoms with Crippen LogP contribution in [0.1, 0.15) is 25.1 Å². The van der Waals surface area contributed by atoms with Crippen molar-refractivity contribution in [2.45, 2.75) is 32.9 Å². The topological polar surface area (TPSA) is 41.1 Å². The van der Waals surface area contributed by atoms with Crippen LogP contribution in [0.15, 0.2) is 15.9 Å². The highest BCUT2D eigenvalue weighted by molar-refractivity contribution is 9.10. The molecule has 0 aromatic carbocycles. The van der Waals surface area contributed by atoms with E-state index < -0.39 is 0 Å². The summed E-state index contributed by atoms with van der Waals surface area (Å²) in [5, 5.41) is 8.10. The lowest BCUT2D eigenvalue weighted by molar-refractivity contribution is -0.122. The molecular weight excluding hydrogens is 288 g/mol. The van der Waals surface area contributed by atoms with Crippen molar-refractivity contribution in [3.8, 4) is 0 Å². The third kappa shape index (κ3) is 4.23. The molecule has 0 radical (unpaired) electrons. The Kier molecular flexibility index (Phi) is 6.01. The SMILES string of the molecule is CCCNC(=O)C(C)NCc1sccc1Br. The number of rotatable bonds is 6. The molecule has 5 heteroatoms. The summed E-state index contributed by atoms with van der Waals surface area (Å²) in [6, 6.07) is 1.87. The van der Waals surface area contributed by atoms with Gasteiger partial charge >= 0.3 is 0 Å². The Balaban J connectivity index is 2.32. The lowest BCUT2D eigenvalue weighted by Crippen LogP contribution is -2.41. The first-order chi connectivity index (χ1) is 7.65. The average Bonchev–Trinajstić information content (AvgIpc) is 2.68. The molecule has 1 aromatic heterocycles. The van der Waals surface area contributed by atoms with Crippen molar-refractivity contribution in [2.24, 2.45) is 0 Å². The second kappa shape index (κ2) is 7.04. The van der Waals surface area contributed by atoms with Crippen LogP contribution in [-0.4, -0.2) is 18.5 Å². The number of hydrogen-bond acceptors (Lipinski definition) is 3. The summed E-state index contributed by atoms with van der Waals surface area (Å²) in [5.74, 6) is 0.0644. The molecule has 90 valence electrons. The molecule has 0 aliphatic carbocycles. The van der Waals surface area contributed by atoms with E-state index in [2.05, 4.69) is 26.6 Å². The molecule has 1 atom stereocenters. The van der Waals surface area contributed by atoms with Gasteiger partial charge in [0.05, 0.1) is 6.04 Å². The average molecular weight is 305 g/mol. The zero-order chi connectivity index (χ0) is 12.0. The van der Waals surface area contributed by atoms with Gasteiger partial charge in [-0.25, -0.2) is 0 Å². The summed E-state index contributed by atoms with van der Waals surface area (Å²) in [6.45, 7) is 5.39. The molecule has 0 aliphatic heterocycles. The second-order valence-electron chi connectivity index (χ2n) is 3.59. The van der Waals surface area contributed by atoms with Crippen molar-refractivity contribution < 1.29 is 4.79 Å². The summed E-state index contributed by atoms with van der Waals surface area (Å²) in [5.41, 5.74) is 0. The van der Waals surface area contributed by atoms with Crippen LogP contribution in [0.3, 0.4) is 0 Å². The smallest absolute Gasteiger partial charge is 0.236 e. The Labute approximate surface area is 109 Å². The summed E-state index contributed by atoms with van der Waals surface area (Å²) in [7, 11) is 0. The highest BCUT2D eigenvalue weighted by Gasteiger charge is 2.11. The van der Waals surface area contributed by atoms with Crippen molar-refractivity contribution in [2.75, 3.05) is 6.54 Å². The Hall–Kier alpha value is -0.390. The lowest BCUT2D eigenvalue weighted by Gasteiger charge is -2.13. The van der Waals surface area contributed by atoms with Gasteiger partial charge < -0.3 is 10.6 Å². The number of carbonyl (C=O) groups excluding carboxylic acids is 1. The number of halogens is 1. The summed E-state index contributed by atoms with van der Waals surface area (Å²) < 4.78 is 1.10. The van der Waals surface area contributed by atoms with E-state index in [4.69, 9.17) is 0 Å². The van der Waals surface area contributed by atoms with Gasteiger partial charge in [0.25, 0.3) is 0 Å². The van der Waals surface area contributed by atoms with Crippen molar-refractivity contribution in [1.29, 1.82) is 0 Å². The van der Waals surface area contributed by atoms with Crippen LogP contribution < -0.4 is 10.6 Å². The van der Waals surface area contributed by atoms with Crippen LogP contribution in [0, 0.1) is 0 Å². The highest BCUT2D eigenvalue weighted by Crippen LogP contribution is 2.22. The predicted molar refractivity (Wildman–Crippen MR) is 71.6 cm³/mol. The van der Waals surface area contributed by atoms with E-state index in [1.165, 1.54) is 4.88 Å². The van der Waals surface area contributed by atoms with E-state index >= 15 is 0 Å². The Morgan fingerprint density at radius 3 is 2.94 bits per heavy atom. The maximum Gasteiger partial charge on any atom is 0.236 e. The molecule has 0 bridgehead atoms. The third-order valence-electron chi connectivity index (χ3n) is 2.20. The number of hydrogen-bond donors (Lipinski definition) is 2. The molecule has 0 spiro atoms. The van der Waals surface area contributed by atoms with Crippen molar-refractivity contribution >= 4 is 33.2 Å². The number of nitrogens with one attached hydrogen (secondary N) is 2. The molecule has 16 heavy (non-hydrogen) atoms. The van der Waals surface area contributed by atoms with Gasteiger partial charge in [0.1, 0.15) is 0 Å². The minimum atomic E-state index is -0.152. The standard InChI is InChI=1S/C11H17BrN2OS/c1-3-5-13-11(15)8(2)14-7-10-9(12)4-6-16-10/h4,6,8,14H,3,5,7H2,1-2H3,(H,13,15). The van der Waals surface area contributed by atoms with Gasteiger partial charge in [0.15, 0.2) is 0 Å². The zero-order valence-corrected chi connectivity index (χ0v) is 12.0. The summed E-state index contributed by atoms with van der Waals surface area (Å²) >= 11 is 5.15. The first-order valence-electron chi connectivity index (χ1n) is 5.38. The second-order valence-corrected chi connectivity index (χ2v) is 5.44. The van der Waals surface area contributed by atoms with Crippen LogP contribution in [0.4, 0.5) is 0 Å². The number of carbonyl (C=O) groups is 1. The van der Waals surface area contributed by atoms with Crippen LogP contribution in [-0.2, 0) is 11.3 Å². The minimum absolute atomic E-state index is 0.0644. The minimum Gasteiger partial charge on any atom is -0.355 e. The third-order valence-corrected chi connectivity index (χ3v) is 4.13. The molecule has 1 rings (SSSR count). The van der Waals surface area contributed by atoms with Crippen LogP contribution in [0.5, 0.6) is 0 Å². The lowest BCUT2D eigenvalue weighted by atomic mass is 10.3. The fourth-order valence-electron chi connectivity index (χ4n) is 1.19. The largest absolute Gasteiger partial charge is 0.355 e. The van der Waals surface area contributed by atoms with Crippen LogP contribution in [0.2, 0.25) is 0 Å². The maximum atomic E-state index is 11.6. The molecule has 0 aliphatic rings. The monoisotopic (exact) mass is 304 g/mol. The van der Waals surface area contributed by atoms with Gasteiger partial charge in [-0.15, -0.1) is 11.3 Å². The molecule has 1 heterocycles. The first kappa shape index (κ1) is 13.7. The number of amides is 1. The Morgan fingerprint density at radius 1 is 1.62 bits per heavy atom. The molecule has 1 unspecified atom stereocenters. The molecule has 2 N–H and O–H groups in total. The molecule has 1 aromatic rings. The normalized spacial score (nSPS) is 12.4. The fraction of sp³-hybridized carbons (Fsp3) is 0.545. The van der Waals surface area contributed by atoms with Gasteiger partial charge in [0.2, 0.25) is 5.91 Å². The molecule has 0 saturated carbocycles. The van der Waals surface area contributed by atoms with E-state index in [0.29, 0.717) is 0 Å². The highest BCUT2D eigenvalue weighted by atomic mass is 79.9. The van der Waals surface area contributed by atoms with Crippen LogP contribution in [0.25, 0.3) is 0 Å². The van der Waals surface area contributed by atoms with Crippen LogP contribution >= 0.6 is 27.3 Å². The molecule has 0 saturated heterocycles. The zero-order valence-electron chi connectivity index (χ0n) is 9.55. The molecular formula is C11H17BrN2OS. The van der Waals surface area contributed by atoms with Gasteiger partial charge in [-0.2, -0.15) is 0 Å². The first-order valence-corrected chi connectivity index (χ1v) is 7.05.